The van der Waals surface area contributed by atoms with Crippen LogP contribution >= 0.6 is 0 Å². The Morgan fingerprint density at radius 2 is 2.11 bits per heavy atom. The maximum absolute atomic E-state index is 12.5. The second-order valence-electron chi connectivity index (χ2n) is 5.12. The summed E-state index contributed by atoms with van der Waals surface area (Å²) in [6, 6.07) is 9.36. The van der Waals surface area contributed by atoms with Gasteiger partial charge in [0.05, 0.1) is 6.10 Å². The first-order chi connectivity index (χ1) is 8.51. The summed E-state index contributed by atoms with van der Waals surface area (Å²) in [5.41, 5.74) is 5.96. The van der Waals surface area contributed by atoms with Crippen LogP contribution in [0.2, 0.25) is 0 Å². The molecule has 98 valence electrons. The first-order valence-corrected chi connectivity index (χ1v) is 6.33. The number of benzene rings is 1. The molecule has 0 aromatic heterocycles. The van der Waals surface area contributed by atoms with Crippen molar-refractivity contribution in [3.63, 3.8) is 0 Å². The summed E-state index contributed by atoms with van der Waals surface area (Å²) in [6.45, 7) is 2.79. The molecule has 0 spiro atoms. The number of rotatable bonds is 2. The lowest BCUT2D eigenvalue weighted by molar-refractivity contribution is -0.139. The molecule has 4 nitrogen and oxygen atoms in total. The molecule has 0 aliphatic carbocycles. The Morgan fingerprint density at radius 3 is 2.72 bits per heavy atom. The summed E-state index contributed by atoms with van der Waals surface area (Å²) < 4.78 is 0. The second-order valence-corrected chi connectivity index (χ2v) is 5.12. The standard InChI is InChI=1S/C14H20N2O2/c1-14(15,11-6-3-2-4-7-11)13(18)16-9-5-8-12(17)10-16/h2-4,6-7,12,17H,5,8-10,15H2,1H3/t12-,14?/m0/s1. The van der Waals surface area contributed by atoms with Gasteiger partial charge in [0.1, 0.15) is 5.54 Å². The normalized spacial score (nSPS) is 23.5. The van der Waals surface area contributed by atoms with E-state index in [4.69, 9.17) is 5.73 Å². The van der Waals surface area contributed by atoms with Crippen LogP contribution in [0, 0.1) is 0 Å². The summed E-state index contributed by atoms with van der Waals surface area (Å²) >= 11 is 0. The van der Waals surface area contributed by atoms with E-state index in [0.29, 0.717) is 13.1 Å². The number of piperidine rings is 1. The van der Waals surface area contributed by atoms with Gasteiger partial charge in [-0.1, -0.05) is 30.3 Å². The molecule has 0 bridgehead atoms. The number of β-amino-alcohol motifs (C(OH)–C–C–N with tert-alkyl or cyclic N) is 1. The Hall–Kier alpha value is -1.39. The molecular weight excluding hydrogens is 228 g/mol. The molecule has 2 rings (SSSR count). The van der Waals surface area contributed by atoms with Crippen molar-refractivity contribution in [1.82, 2.24) is 4.90 Å². The number of aliphatic hydroxyl groups excluding tert-OH is 1. The SMILES string of the molecule is CC(N)(C(=O)N1CCC[C@H](O)C1)c1ccccc1. The van der Waals surface area contributed by atoms with Crippen LogP contribution < -0.4 is 5.73 Å². The Morgan fingerprint density at radius 1 is 1.44 bits per heavy atom. The van der Waals surface area contributed by atoms with Gasteiger partial charge in [0.2, 0.25) is 5.91 Å². The fourth-order valence-electron chi connectivity index (χ4n) is 2.38. The zero-order valence-corrected chi connectivity index (χ0v) is 10.7. The second kappa shape index (κ2) is 5.08. The van der Waals surface area contributed by atoms with Gasteiger partial charge in [-0.2, -0.15) is 0 Å². The number of carbonyl (C=O) groups excluding carboxylic acids is 1. The van der Waals surface area contributed by atoms with Crippen molar-refractivity contribution in [2.45, 2.75) is 31.4 Å². The van der Waals surface area contributed by atoms with Crippen molar-refractivity contribution in [2.75, 3.05) is 13.1 Å². The third-order valence-corrected chi connectivity index (χ3v) is 3.50. The topological polar surface area (TPSA) is 66.6 Å². The van der Waals surface area contributed by atoms with Gasteiger partial charge in [-0.05, 0) is 25.3 Å². The molecule has 0 saturated carbocycles. The Labute approximate surface area is 107 Å². The van der Waals surface area contributed by atoms with Crippen LogP contribution in [-0.4, -0.2) is 35.1 Å². The molecule has 2 atom stereocenters. The number of aliphatic hydroxyl groups is 1. The van der Waals surface area contributed by atoms with E-state index in [2.05, 4.69) is 0 Å². The first kappa shape index (κ1) is 13.1. The minimum Gasteiger partial charge on any atom is -0.391 e. The molecule has 1 aliphatic heterocycles. The van der Waals surface area contributed by atoms with E-state index < -0.39 is 11.6 Å². The minimum atomic E-state index is -1.03. The minimum absolute atomic E-state index is 0.118. The molecule has 1 aliphatic rings. The molecule has 18 heavy (non-hydrogen) atoms. The summed E-state index contributed by atoms with van der Waals surface area (Å²) in [6.07, 6.45) is 1.17. The quantitative estimate of drug-likeness (QED) is 0.815. The van der Waals surface area contributed by atoms with Crippen LogP contribution in [0.3, 0.4) is 0 Å². The van der Waals surface area contributed by atoms with Crippen molar-refractivity contribution in [1.29, 1.82) is 0 Å². The van der Waals surface area contributed by atoms with Crippen LogP contribution in [0.4, 0.5) is 0 Å². The van der Waals surface area contributed by atoms with E-state index in [9.17, 15) is 9.90 Å². The van der Waals surface area contributed by atoms with E-state index >= 15 is 0 Å². The van der Waals surface area contributed by atoms with Gasteiger partial charge in [0.25, 0.3) is 0 Å². The van der Waals surface area contributed by atoms with Gasteiger partial charge in [-0.15, -0.1) is 0 Å². The van der Waals surface area contributed by atoms with Crippen LogP contribution in [0.1, 0.15) is 25.3 Å². The molecule has 1 aromatic rings. The van der Waals surface area contributed by atoms with Gasteiger partial charge < -0.3 is 15.7 Å². The highest BCUT2D eigenvalue weighted by Crippen LogP contribution is 2.22. The highest BCUT2D eigenvalue weighted by Gasteiger charge is 2.36. The zero-order chi connectivity index (χ0) is 13.2. The summed E-state index contributed by atoms with van der Waals surface area (Å²) in [5.74, 6) is -0.118. The van der Waals surface area contributed by atoms with Gasteiger partial charge in [-0.25, -0.2) is 0 Å². The van der Waals surface area contributed by atoms with Crippen molar-refractivity contribution < 1.29 is 9.90 Å². The fraction of sp³-hybridized carbons (Fsp3) is 0.500. The predicted octanol–water partition coefficient (Wildman–Crippen LogP) is 0.844. The highest BCUT2D eigenvalue weighted by atomic mass is 16.3. The smallest absolute Gasteiger partial charge is 0.247 e. The Balaban J connectivity index is 2.17. The lowest BCUT2D eigenvalue weighted by Gasteiger charge is -2.36. The third kappa shape index (κ3) is 2.54. The van der Waals surface area contributed by atoms with Crippen molar-refractivity contribution >= 4 is 5.91 Å². The predicted molar refractivity (Wildman–Crippen MR) is 69.8 cm³/mol. The van der Waals surface area contributed by atoms with E-state index in [1.165, 1.54) is 0 Å². The van der Waals surface area contributed by atoms with Crippen molar-refractivity contribution in [3.8, 4) is 0 Å². The molecule has 3 N–H and O–H groups in total. The van der Waals surface area contributed by atoms with Crippen LogP contribution in [-0.2, 0) is 10.3 Å². The van der Waals surface area contributed by atoms with Crippen LogP contribution in [0.25, 0.3) is 0 Å². The first-order valence-electron chi connectivity index (χ1n) is 6.33. The number of hydrogen-bond donors (Lipinski definition) is 2. The summed E-state index contributed by atoms with van der Waals surface area (Å²) in [5, 5.41) is 9.63. The molecule has 1 saturated heterocycles. The maximum atomic E-state index is 12.5. The number of nitrogens with two attached hydrogens (primary N) is 1. The Kier molecular flexibility index (Phi) is 3.68. The average Bonchev–Trinajstić information content (AvgIpc) is 2.39. The number of amides is 1. The van der Waals surface area contributed by atoms with Crippen LogP contribution in [0.15, 0.2) is 30.3 Å². The molecule has 1 fully saturated rings. The molecule has 0 radical (unpaired) electrons. The zero-order valence-electron chi connectivity index (χ0n) is 10.7. The van der Waals surface area contributed by atoms with Gasteiger partial charge in [-0.3, -0.25) is 4.79 Å². The molecule has 4 heteroatoms. The molecular formula is C14H20N2O2. The average molecular weight is 248 g/mol. The summed E-state index contributed by atoms with van der Waals surface area (Å²) in [4.78, 5) is 14.1. The van der Waals surface area contributed by atoms with Crippen molar-refractivity contribution in [2.24, 2.45) is 5.73 Å². The third-order valence-electron chi connectivity index (χ3n) is 3.50. The van der Waals surface area contributed by atoms with E-state index in [-0.39, 0.29) is 5.91 Å². The van der Waals surface area contributed by atoms with E-state index in [1.54, 1.807) is 11.8 Å². The number of hydrogen-bond acceptors (Lipinski definition) is 3. The number of nitrogens with zero attached hydrogens (tertiary/aromatic N) is 1. The largest absolute Gasteiger partial charge is 0.391 e. The summed E-state index contributed by atoms with van der Waals surface area (Å²) in [7, 11) is 0. The molecule has 1 unspecified atom stereocenters. The Bertz CT molecular complexity index is 417. The van der Waals surface area contributed by atoms with Gasteiger partial charge >= 0.3 is 0 Å². The van der Waals surface area contributed by atoms with Crippen molar-refractivity contribution in [3.05, 3.63) is 35.9 Å². The highest BCUT2D eigenvalue weighted by molar-refractivity contribution is 5.87. The lowest BCUT2D eigenvalue weighted by atomic mass is 9.90. The molecule has 1 aromatic carbocycles. The van der Waals surface area contributed by atoms with E-state index in [0.717, 1.165) is 18.4 Å². The monoisotopic (exact) mass is 248 g/mol. The van der Waals surface area contributed by atoms with Crippen LogP contribution in [0.5, 0.6) is 0 Å². The number of carbonyl (C=O) groups is 1. The molecule has 1 amide bonds. The molecule has 1 heterocycles. The van der Waals surface area contributed by atoms with Gasteiger partial charge in [0.15, 0.2) is 0 Å². The number of likely N-dealkylation sites (tertiary alicyclic amines) is 1. The fourth-order valence-corrected chi connectivity index (χ4v) is 2.38. The maximum Gasteiger partial charge on any atom is 0.247 e. The van der Waals surface area contributed by atoms with Gasteiger partial charge in [0, 0.05) is 13.1 Å². The van der Waals surface area contributed by atoms with E-state index in [1.807, 2.05) is 30.3 Å². The lowest BCUT2D eigenvalue weighted by Crippen LogP contribution is -2.54.